The van der Waals surface area contributed by atoms with E-state index >= 15 is 0 Å². The molecule has 1 atom stereocenters. The Bertz CT molecular complexity index is 907. The van der Waals surface area contributed by atoms with E-state index in [4.69, 9.17) is 4.74 Å². The molecule has 2 amide bonds. The van der Waals surface area contributed by atoms with Crippen LogP contribution in [-0.4, -0.2) is 46.5 Å². The van der Waals surface area contributed by atoms with E-state index in [0.717, 1.165) is 0 Å². The van der Waals surface area contributed by atoms with Crippen LogP contribution in [-0.2, 0) is 19.1 Å². The van der Waals surface area contributed by atoms with Gasteiger partial charge in [0, 0.05) is 6.42 Å². The number of hydrogen-bond acceptors (Lipinski definition) is 6. The summed E-state index contributed by atoms with van der Waals surface area (Å²) in [5, 5.41) is 9.08. The van der Waals surface area contributed by atoms with Gasteiger partial charge in [-0.2, -0.15) is 5.10 Å². The SMILES string of the molecule is COC(=O)CC[C@@H](NC(=O)OC(C)(C)C)C(=O)Nc1cnn(-c2ccccc2F)c1. The average Bonchev–Trinajstić information content (AvgIpc) is 3.11. The minimum Gasteiger partial charge on any atom is -0.469 e. The van der Waals surface area contributed by atoms with Crippen LogP contribution >= 0.6 is 0 Å². The van der Waals surface area contributed by atoms with Crippen molar-refractivity contribution in [1.29, 1.82) is 0 Å². The average molecular weight is 420 g/mol. The molecular formula is C20H25FN4O5. The highest BCUT2D eigenvalue weighted by Gasteiger charge is 2.25. The lowest BCUT2D eigenvalue weighted by molar-refractivity contribution is -0.140. The first-order chi connectivity index (χ1) is 14.1. The second-order valence-corrected chi connectivity index (χ2v) is 7.43. The number of aromatic nitrogens is 2. The molecule has 1 aromatic carbocycles. The number of rotatable bonds is 7. The Morgan fingerprint density at radius 3 is 2.57 bits per heavy atom. The van der Waals surface area contributed by atoms with E-state index in [9.17, 15) is 18.8 Å². The number of anilines is 1. The topological polar surface area (TPSA) is 112 Å². The smallest absolute Gasteiger partial charge is 0.408 e. The number of carbonyl (C=O) groups is 3. The molecule has 0 aliphatic heterocycles. The van der Waals surface area contributed by atoms with Crippen molar-refractivity contribution in [2.75, 3.05) is 12.4 Å². The number of nitrogens with one attached hydrogen (secondary N) is 2. The van der Waals surface area contributed by atoms with Gasteiger partial charge in [0.05, 0.1) is 25.2 Å². The van der Waals surface area contributed by atoms with Gasteiger partial charge in [0.2, 0.25) is 5.91 Å². The number of halogens is 1. The van der Waals surface area contributed by atoms with Gasteiger partial charge in [-0.15, -0.1) is 0 Å². The van der Waals surface area contributed by atoms with Crippen LogP contribution in [0.5, 0.6) is 0 Å². The minimum absolute atomic E-state index is 0.000794. The zero-order chi connectivity index (χ0) is 22.3. The molecule has 0 bridgehead atoms. The quantitative estimate of drug-likeness (QED) is 0.667. The highest BCUT2D eigenvalue weighted by molar-refractivity contribution is 5.96. The molecular weight excluding hydrogens is 395 g/mol. The largest absolute Gasteiger partial charge is 0.469 e. The summed E-state index contributed by atoms with van der Waals surface area (Å²) >= 11 is 0. The molecule has 1 heterocycles. The minimum atomic E-state index is -1.06. The van der Waals surface area contributed by atoms with Crippen LogP contribution in [0.25, 0.3) is 5.69 Å². The molecule has 10 heteroatoms. The van der Waals surface area contributed by atoms with Crippen molar-refractivity contribution < 1.29 is 28.2 Å². The van der Waals surface area contributed by atoms with Crippen LogP contribution in [0, 0.1) is 5.82 Å². The first-order valence-electron chi connectivity index (χ1n) is 9.26. The van der Waals surface area contributed by atoms with E-state index in [0.29, 0.717) is 0 Å². The third-order valence-corrected chi connectivity index (χ3v) is 3.82. The molecule has 1 aromatic heterocycles. The number of amides is 2. The van der Waals surface area contributed by atoms with Gasteiger partial charge in [0.15, 0.2) is 0 Å². The summed E-state index contributed by atoms with van der Waals surface area (Å²) in [7, 11) is 1.23. The summed E-state index contributed by atoms with van der Waals surface area (Å²) < 4.78 is 24.9. The summed E-state index contributed by atoms with van der Waals surface area (Å²) in [6, 6.07) is 4.99. The molecule has 0 aliphatic rings. The Morgan fingerprint density at radius 2 is 1.93 bits per heavy atom. The third-order valence-electron chi connectivity index (χ3n) is 3.82. The lowest BCUT2D eigenvalue weighted by Crippen LogP contribution is -2.46. The molecule has 2 rings (SSSR count). The van der Waals surface area contributed by atoms with Crippen molar-refractivity contribution in [2.45, 2.75) is 45.3 Å². The molecule has 2 aromatic rings. The Morgan fingerprint density at radius 1 is 1.23 bits per heavy atom. The summed E-state index contributed by atoms with van der Waals surface area (Å²) in [6.45, 7) is 5.06. The van der Waals surface area contributed by atoms with Gasteiger partial charge in [-0.05, 0) is 39.3 Å². The molecule has 0 aliphatic carbocycles. The maximum Gasteiger partial charge on any atom is 0.408 e. The van der Waals surface area contributed by atoms with Gasteiger partial charge in [-0.25, -0.2) is 13.9 Å². The van der Waals surface area contributed by atoms with Crippen molar-refractivity contribution in [3.63, 3.8) is 0 Å². The Labute approximate surface area is 173 Å². The van der Waals surface area contributed by atoms with Crippen molar-refractivity contribution in [3.8, 4) is 5.69 Å². The maximum atomic E-state index is 13.9. The number of alkyl carbamates (subject to hydrolysis) is 1. The molecule has 2 N–H and O–H groups in total. The predicted molar refractivity (Wildman–Crippen MR) is 107 cm³/mol. The van der Waals surface area contributed by atoms with Gasteiger partial charge in [-0.3, -0.25) is 9.59 Å². The van der Waals surface area contributed by atoms with E-state index < -0.39 is 35.4 Å². The van der Waals surface area contributed by atoms with Gasteiger partial charge >= 0.3 is 12.1 Å². The second-order valence-electron chi connectivity index (χ2n) is 7.43. The summed E-state index contributed by atoms with van der Waals surface area (Å²) in [5.74, 6) is -1.58. The zero-order valence-electron chi connectivity index (χ0n) is 17.3. The van der Waals surface area contributed by atoms with Crippen molar-refractivity contribution in [2.24, 2.45) is 0 Å². The second kappa shape index (κ2) is 9.86. The van der Waals surface area contributed by atoms with E-state index in [1.54, 1.807) is 32.9 Å². The molecule has 30 heavy (non-hydrogen) atoms. The van der Waals surface area contributed by atoms with Crippen LogP contribution in [0.1, 0.15) is 33.6 Å². The normalized spacial score (nSPS) is 12.0. The Balaban J connectivity index is 2.10. The van der Waals surface area contributed by atoms with E-state index in [1.807, 2.05) is 0 Å². The first kappa shape index (κ1) is 22.9. The summed E-state index contributed by atoms with van der Waals surface area (Å²) in [5.41, 5.74) is -0.251. The van der Waals surface area contributed by atoms with Crippen LogP contribution in [0.2, 0.25) is 0 Å². The van der Waals surface area contributed by atoms with Crippen LogP contribution < -0.4 is 10.6 Å². The van der Waals surface area contributed by atoms with Gasteiger partial charge < -0.3 is 20.1 Å². The number of methoxy groups -OCH3 is 1. The number of ether oxygens (including phenoxy) is 2. The standard InChI is InChI=1S/C20H25FN4O5/c1-20(2,3)30-19(28)24-15(9-10-17(26)29-4)18(27)23-13-11-22-25(12-13)16-8-6-5-7-14(16)21/h5-8,11-12,15H,9-10H2,1-4H3,(H,23,27)(H,24,28)/t15-/m1/s1. The summed E-state index contributed by atoms with van der Waals surface area (Å²) in [4.78, 5) is 36.2. The summed E-state index contributed by atoms with van der Waals surface area (Å²) in [6.07, 6.45) is 1.89. The molecule has 9 nitrogen and oxygen atoms in total. The highest BCUT2D eigenvalue weighted by atomic mass is 19.1. The number of carbonyl (C=O) groups excluding carboxylic acids is 3. The fourth-order valence-corrected chi connectivity index (χ4v) is 2.47. The molecule has 0 unspecified atom stereocenters. The van der Waals surface area contributed by atoms with Crippen LogP contribution in [0.4, 0.5) is 14.9 Å². The number of hydrogen-bond donors (Lipinski definition) is 2. The molecule has 162 valence electrons. The van der Waals surface area contributed by atoms with Crippen molar-refractivity contribution in [3.05, 3.63) is 42.5 Å². The van der Waals surface area contributed by atoms with Crippen molar-refractivity contribution in [1.82, 2.24) is 15.1 Å². The monoisotopic (exact) mass is 420 g/mol. The first-order valence-corrected chi connectivity index (χ1v) is 9.26. The lowest BCUT2D eigenvalue weighted by atomic mass is 10.1. The number of para-hydroxylation sites is 1. The number of benzene rings is 1. The maximum absolute atomic E-state index is 13.9. The Kier molecular flexibility index (Phi) is 7.51. The van der Waals surface area contributed by atoms with Gasteiger partial charge in [0.1, 0.15) is 23.1 Å². The van der Waals surface area contributed by atoms with Crippen LogP contribution in [0.3, 0.4) is 0 Å². The Hall–Kier alpha value is -3.43. The zero-order valence-corrected chi connectivity index (χ0v) is 17.3. The van der Waals surface area contributed by atoms with E-state index in [1.165, 1.54) is 36.3 Å². The van der Waals surface area contributed by atoms with Crippen LogP contribution in [0.15, 0.2) is 36.7 Å². The van der Waals surface area contributed by atoms with E-state index in [-0.39, 0.29) is 24.2 Å². The number of esters is 1. The van der Waals surface area contributed by atoms with Gasteiger partial charge in [0.25, 0.3) is 0 Å². The molecule has 0 radical (unpaired) electrons. The molecule has 0 saturated carbocycles. The molecule has 0 fully saturated rings. The molecule has 0 spiro atoms. The van der Waals surface area contributed by atoms with Gasteiger partial charge in [-0.1, -0.05) is 12.1 Å². The fraction of sp³-hybridized carbons (Fsp3) is 0.400. The van der Waals surface area contributed by atoms with Crippen molar-refractivity contribution >= 4 is 23.7 Å². The fourth-order valence-electron chi connectivity index (χ4n) is 2.47. The van der Waals surface area contributed by atoms with E-state index in [2.05, 4.69) is 20.5 Å². The lowest BCUT2D eigenvalue weighted by Gasteiger charge is -2.23. The molecule has 0 saturated heterocycles. The third kappa shape index (κ3) is 6.87. The predicted octanol–water partition coefficient (Wildman–Crippen LogP) is 2.80. The highest BCUT2D eigenvalue weighted by Crippen LogP contribution is 2.16. The number of nitrogens with zero attached hydrogens (tertiary/aromatic N) is 2.